The minimum atomic E-state index is -0.943. The molecule has 11 nitrogen and oxygen atoms in total. The van der Waals surface area contributed by atoms with Crippen molar-refractivity contribution in [2.75, 3.05) is 59.5 Å². The van der Waals surface area contributed by atoms with E-state index in [1.165, 1.54) is 9.80 Å². The van der Waals surface area contributed by atoms with Crippen LogP contribution in [-0.4, -0.2) is 114 Å². The molecule has 1 aromatic carbocycles. The van der Waals surface area contributed by atoms with Crippen LogP contribution in [0.1, 0.15) is 56.1 Å². The summed E-state index contributed by atoms with van der Waals surface area (Å²) in [5.74, 6) is -1.56. The van der Waals surface area contributed by atoms with Gasteiger partial charge < -0.3 is 25.4 Å². The summed E-state index contributed by atoms with van der Waals surface area (Å²) in [5.41, 5.74) is 7.69. The molecule has 11 heteroatoms. The molecule has 220 valence electrons. The number of rotatable bonds is 13. The molecule has 3 aliphatic rings. The second-order valence-corrected chi connectivity index (χ2v) is 11.1. The summed E-state index contributed by atoms with van der Waals surface area (Å²) >= 11 is 0. The number of aliphatic carboxylic acids is 1. The Labute approximate surface area is 236 Å². The van der Waals surface area contributed by atoms with Gasteiger partial charge in [0.25, 0.3) is 0 Å². The number of carbonyl (C=O) groups excluding carboxylic acids is 3. The Kier molecular flexibility index (Phi) is 10.0. The molecule has 4 amide bonds. The lowest BCUT2D eigenvalue weighted by Gasteiger charge is -2.34. The SMILES string of the molecule is CCCCN(CCCN)C(=O)CN1CC(c2ccc3c(c2)CCO3)C(C(=O)O)C1CCN1C(=O)CCN(C)C1=O. The molecule has 3 aliphatic heterocycles. The molecule has 3 heterocycles. The second kappa shape index (κ2) is 13.5. The van der Waals surface area contributed by atoms with Crippen molar-refractivity contribution < 1.29 is 29.0 Å². The van der Waals surface area contributed by atoms with E-state index in [4.69, 9.17) is 10.5 Å². The van der Waals surface area contributed by atoms with Crippen molar-refractivity contribution in [3.8, 4) is 5.75 Å². The average molecular weight is 558 g/mol. The van der Waals surface area contributed by atoms with Crippen LogP contribution >= 0.6 is 0 Å². The Hall–Kier alpha value is -3.18. The van der Waals surface area contributed by atoms with Gasteiger partial charge in [0.2, 0.25) is 11.8 Å². The molecule has 3 atom stereocenters. The van der Waals surface area contributed by atoms with E-state index in [0.29, 0.717) is 45.8 Å². The number of hydrogen-bond acceptors (Lipinski definition) is 7. The van der Waals surface area contributed by atoms with Gasteiger partial charge in [0.05, 0.1) is 19.1 Å². The van der Waals surface area contributed by atoms with E-state index >= 15 is 0 Å². The molecule has 0 radical (unpaired) electrons. The van der Waals surface area contributed by atoms with Gasteiger partial charge in [0.15, 0.2) is 0 Å². The molecular formula is C29H43N5O6. The summed E-state index contributed by atoms with van der Waals surface area (Å²) in [7, 11) is 1.65. The summed E-state index contributed by atoms with van der Waals surface area (Å²) in [6.45, 7) is 5.32. The van der Waals surface area contributed by atoms with Crippen molar-refractivity contribution in [2.24, 2.45) is 11.7 Å². The standard InChI is InChI=1S/C29H43N5O6/c1-3-4-12-32(13-5-11-30)26(36)19-33-18-22(20-6-7-24-21(17-20)10-16-40-24)27(28(37)38)23(33)8-15-34-25(35)9-14-31(2)29(34)39/h6-7,17,22-23,27H,3-5,8-16,18-19,30H2,1-2H3,(H,37,38). The van der Waals surface area contributed by atoms with Crippen molar-refractivity contribution >= 4 is 23.8 Å². The topological polar surface area (TPSA) is 137 Å². The lowest BCUT2D eigenvalue weighted by Crippen LogP contribution is -2.52. The number of likely N-dealkylation sites (tertiary alicyclic amines) is 1. The Morgan fingerprint density at radius 3 is 2.67 bits per heavy atom. The Morgan fingerprint density at radius 1 is 1.18 bits per heavy atom. The Balaban J connectivity index is 1.60. The molecule has 3 unspecified atom stereocenters. The van der Waals surface area contributed by atoms with Crippen LogP contribution in [0.15, 0.2) is 18.2 Å². The highest BCUT2D eigenvalue weighted by atomic mass is 16.5. The first kappa shape index (κ1) is 29.8. The first-order valence-corrected chi connectivity index (χ1v) is 14.5. The predicted octanol–water partition coefficient (Wildman–Crippen LogP) is 1.74. The van der Waals surface area contributed by atoms with E-state index in [9.17, 15) is 24.3 Å². The molecule has 40 heavy (non-hydrogen) atoms. The van der Waals surface area contributed by atoms with Crippen LogP contribution in [0.5, 0.6) is 5.75 Å². The molecule has 2 saturated heterocycles. The van der Waals surface area contributed by atoms with Crippen LogP contribution in [0.4, 0.5) is 4.79 Å². The number of amides is 4. The number of hydrogen-bond donors (Lipinski definition) is 2. The van der Waals surface area contributed by atoms with E-state index in [0.717, 1.165) is 36.1 Å². The van der Waals surface area contributed by atoms with Gasteiger partial charge in [-0.1, -0.05) is 25.5 Å². The van der Waals surface area contributed by atoms with Crippen LogP contribution < -0.4 is 10.5 Å². The van der Waals surface area contributed by atoms with Gasteiger partial charge in [-0.25, -0.2) is 4.79 Å². The van der Waals surface area contributed by atoms with Crippen molar-refractivity contribution in [1.29, 1.82) is 0 Å². The molecule has 3 N–H and O–H groups in total. The molecule has 0 aliphatic carbocycles. The highest BCUT2D eigenvalue weighted by Gasteiger charge is 2.48. The van der Waals surface area contributed by atoms with Crippen molar-refractivity contribution in [1.82, 2.24) is 19.6 Å². The first-order chi connectivity index (χ1) is 19.2. The lowest BCUT2D eigenvalue weighted by molar-refractivity contribution is -0.144. The zero-order chi connectivity index (χ0) is 28.8. The maximum Gasteiger partial charge on any atom is 0.326 e. The Bertz CT molecular complexity index is 1090. The molecule has 1 aromatic rings. The fourth-order valence-corrected chi connectivity index (χ4v) is 6.18. The van der Waals surface area contributed by atoms with Gasteiger partial charge in [0, 0.05) is 64.6 Å². The third kappa shape index (κ3) is 6.58. The van der Waals surface area contributed by atoms with E-state index in [1.807, 2.05) is 28.0 Å². The Morgan fingerprint density at radius 2 is 1.95 bits per heavy atom. The van der Waals surface area contributed by atoms with Gasteiger partial charge in [-0.2, -0.15) is 0 Å². The highest BCUT2D eigenvalue weighted by molar-refractivity contribution is 5.96. The number of ether oxygens (including phenoxy) is 1. The van der Waals surface area contributed by atoms with E-state index in [1.54, 1.807) is 7.05 Å². The summed E-state index contributed by atoms with van der Waals surface area (Å²) < 4.78 is 5.65. The molecule has 0 spiro atoms. The smallest absolute Gasteiger partial charge is 0.326 e. The lowest BCUT2D eigenvalue weighted by atomic mass is 9.83. The number of imide groups is 1. The van der Waals surface area contributed by atoms with Crippen LogP contribution in [0.3, 0.4) is 0 Å². The third-order valence-corrected chi connectivity index (χ3v) is 8.45. The number of carbonyl (C=O) groups is 4. The summed E-state index contributed by atoms with van der Waals surface area (Å²) in [5, 5.41) is 10.5. The fourth-order valence-electron chi connectivity index (χ4n) is 6.18. The molecule has 2 fully saturated rings. The number of benzene rings is 1. The van der Waals surface area contributed by atoms with Crippen molar-refractivity contribution in [3.05, 3.63) is 29.3 Å². The molecule has 0 aromatic heterocycles. The molecule has 4 rings (SSSR count). The van der Waals surface area contributed by atoms with E-state index in [2.05, 4.69) is 6.92 Å². The largest absolute Gasteiger partial charge is 0.493 e. The molecular weight excluding hydrogens is 514 g/mol. The van der Waals surface area contributed by atoms with Crippen LogP contribution in [0.2, 0.25) is 0 Å². The number of urea groups is 1. The summed E-state index contributed by atoms with van der Waals surface area (Å²) in [6.07, 6.45) is 3.83. The van der Waals surface area contributed by atoms with Crippen molar-refractivity contribution in [3.63, 3.8) is 0 Å². The number of nitrogens with two attached hydrogens (primary N) is 1. The number of fused-ring (bicyclic) bond motifs is 1. The minimum absolute atomic E-state index is 0.0519. The molecule has 0 bridgehead atoms. The van der Waals surface area contributed by atoms with Crippen molar-refractivity contribution in [2.45, 2.75) is 57.4 Å². The van der Waals surface area contributed by atoms with Crippen LogP contribution in [0.25, 0.3) is 0 Å². The minimum Gasteiger partial charge on any atom is -0.493 e. The zero-order valence-corrected chi connectivity index (χ0v) is 23.7. The number of carboxylic acids is 1. The predicted molar refractivity (Wildman–Crippen MR) is 149 cm³/mol. The van der Waals surface area contributed by atoms with Gasteiger partial charge in [0.1, 0.15) is 5.75 Å². The second-order valence-electron chi connectivity index (χ2n) is 11.1. The average Bonchev–Trinajstić information content (AvgIpc) is 3.55. The van der Waals surface area contributed by atoms with Crippen LogP contribution in [-0.2, 0) is 20.8 Å². The number of nitrogens with zero attached hydrogens (tertiary/aromatic N) is 4. The summed E-state index contributed by atoms with van der Waals surface area (Å²) in [4.78, 5) is 58.1. The number of unbranched alkanes of at least 4 members (excludes halogenated alkanes) is 1. The number of carboxylic acid groups (broad SMARTS) is 1. The maximum atomic E-state index is 13.5. The normalized spacial score (nSPS) is 22.9. The van der Waals surface area contributed by atoms with Gasteiger partial charge >= 0.3 is 12.0 Å². The highest BCUT2D eigenvalue weighted by Crippen LogP contribution is 2.41. The van der Waals surface area contributed by atoms with E-state index in [-0.39, 0.29) is 49.7 Å². The van der Waals surface area contributed by atoms with Gasteiger partial charge in [-0.05, 0) is 43.0 Å². The summed E-state index contributed by atoms with van der Waals surface area (Å²) in [6, 6.07) is 4.97. The zero-order valence-electron chi connectivity index (χ0n) is 23.7. The maximum absolute atomic E-state index is 13.5. The monoisotopic (exact) mass is 557 g/mol. The van der Waals surface area contributed by atoms with Crippen LogP contribution in [0, 0.1) is 5.92 Å². The van der Waals surface area contributed by atoms with E-state index < -0.39 is 17.9 Å². The first-order valence-electron chi connectivity index (χ1n) is 14.5. The van der Waals surface area contributed by atoms with Gasteiger partial charge in [-0.3, -0.25) is 24.2 Å². The van der Waals surface area contributed by atoms with Gasteiger partial charge in [-0.15, -0.1) is 0 Å². The molecule has 0 saturated carbocycles. The quantitative estimate of drug-likeness (QED) is 0.374. The fraction of sp³-hybridized carbons (Fsp3) is 0.655. The third-order valence-electron chi connectivity index (χ3n) is 8.45.